The van der Waals surface area contributed by atoms with Crippen molar-refractivity contribution < 1.29 is 0 Å². The molecule has 1 atom stereocenters. The van der Waals surface area contributed by atoms with Crippen LogP contribution in [0.15, 0.2) is 28.7 Å². The Morgan fingerprint density at radius 3 is 1.90 bits per heavy atom. The summed E-state index contributed by atoms with van der Waals surface area (Å²) in [4.78, 5) is 0. The third-order valence-electron chi connectivity index (χ3n) is 4.17. The highest BCUT2D eigenvalue weighted by atomic mass is 79.9. The van der Waals surface area contributed by atoms with Gasteiger partial charge >= 0.3 is 0 Å². The molecule has 120 valence electrons. The van der Waals surface area contributed by atoms with E-state index in [2.05, 4.69) is 66.3 Å². The molecule has 1 N–H and O–H groups in total. The molecule has 0 unspecified atom stereocenters. The minimum atomic E-state index is 0.436. The van der Waals surface area contributed by atoms with Gasteiger partial charge < -0.3 is 5.32 Å². The number of unbranched alkanes of at least 4 members (excludes halogenated alkanes) is 4. The maximum Gasteiger partial charge on any atom is 0.0294 e. The Morgan fingerprint density at radius 1 is 0.905 bits per heavy atom. The average molecular weight is 354 g/mol. The molecule has 0 heterocycles. The fraction of sp³-hybridized carbons (Fsp3) is 0.684. The maximum atomic E-state index is 3.86. The molecule has 0 aliphatic rings. The third-order valence-corrected chi connectivity index (χ3v) is 4.70. The van der Waals surface area contributed by atoms with Gasteiger partial charge in [0.15, 0.2) is 0 Å². The van der Waals surface area contributed by atoms with E-state index in [0.717, 1.165) is 4.47 Å². The molecular weight excluding hydrogens is 322 g/mol. The lowest BCUT2D eigenvalue weighted by Gasteiger charge is -2.24. The van der Waals surface area contributed by atoms with Gasteiger partial charge in [-0.25, -0.2) is 0 Å². The first-order chi connectivity index (χ1) is 10.2. The predicted octanol–water partition coefficient (Wildman–Crippen LogP) is 6.63. The first-order valence-electron chi connectivity index (χ1n) is 8.68. The largest absolute Gasteiger partial charge is 0.307 e. The lowest BCUT2D eigenvalue weighted by Crippen LogP contribution is -2.31. The molecule has 1 aromatic rings. The summed E-state index contributed by atoms with van der Waals surface area (Å²) in [6, 6.07) is 9.81. The molecule has 0 aliphatic carbocycles. The third kappa shape index (κ3) is 8.01. The van der Waals surface area contributed by atoms with Crippen molar-refractivity contribution in [3.8, 4) is 0 Å². The Bertz CT molecular complexity index is 350. The lowest BCUT2D eigenvalue weighted by atomic mass is 9.99. The molecule has 0 fully saturated rings. The standard InChI is InChI=1S/C19H32BrN/c1-4-6-8-10-19(11-9-7-5-2)21-16(3)17-12-14-18(20)15-13-17/h12-16,19,21H,4-11H2,1-3H3/t16-/m1/s1. The van der Waals surface area contributed by atoms with Crippen molar-refractivity contribution in [2.75, 3.05) is 0 Å². The summed E-state index contributed by atoms with van der Waals surface area (Å²) in [6.45, 7) is 6.85. The molecule has 1 aromatic carbocycles. The molecule has 0 spiro atoms. The lowest BCUT2D eigenvalue weighted by molar-refractivity contribution is 0.384. The van der Waals surface area contributed by atoms with E-state index in [-0.39, 0.29) is 0 Å². The van der Waals surface area contributed by atoms with E-state index in [1.54, 1.807) is 0 Å². The molecule has 1 rings (SSSR count). The Kier molecular flexibility index (Phi) is 10.0. The first-order valence-corrected chi connectivity index (χ1v) is 9.48. The molecule has 0 saturated heterocycles. The summed E-state index contributed by atoms with van der Waals surface area (Å²) in [5, 5.41) is 3.86. The van der Waals surface area contributed by atoms with Crippen molar-refractivity contribution in [1.82, 2.24) is 5.32 Å². The number of rotatable bonds is 11. The summed E-state index contributed by atoms with van der Waals surface area (Å²) < 4.78 is 1.15. The highest BCUT2D eigenvalue weighted by Gasteiger charge is 2.13. The maximum absolute atomic E-state index is 3.86. The van der Waals surface area contributed by atoms with Crippen LogP contribution < -0.4 is 5.32 Å². The first kappa shape index (κ1) is 18.7. The van der Waals surface area contributed by atoms with E-state index in [9.17, 15) is 0 Å². The van der Waals surface area contributed by atoms with Crippen LogP contribution >= 0.6 is 15.9 Å². The van der Waals surface area contributed by atoms with Gasteiger partial charge in [0, 0.05) is 16.6 Å². The van der Waals surface area contributed by atoms with Gasteiger partial charge in [-0.15, -0.1) is 0 Å². The van der Waals surface area contributed by atoms with Crippen LogP contribution in [0.3, 0.4) is 0 Å². The monoisotopic (exact) mass is 353 g/mol. The van der Waals surface area contributed by atoms with E-state index >= 15 is 0 Å². The summed E-state index contributed by atoms with van der Waals surface area (Å²) in [5.74, 6) is 0. The van der Waals surface area contributed by atoms with Crippen LogP contribution in [0.5, 0.6) is 0 Å². The van der Waals surface area contributed by atoms with Gasteiger partial charge in [0.05, 0.1) is 0 Å². The van der Waals surface area contributed by atoms with Crippen LogP contribution in [0.2, 0.25) is 0 Å². The van der Waals surface area contributed by atoms with Gasteiger partial charge in [-0.2, -0.15) is 0 Å². The van der Waals surface area contributed by atoms with Crippen molar-refractivity contribution >= 4 is 15.9 Å². The zero-order valence-electron chi connectivity index (χ0n) is 14.0. The van der Waals surface area contributed by atoms with E-state index in [1.807, 2.05) is 0 Å². The molecule has 2 heteroatoms. The highest BCUT2D eigenvalue weighted by Crippen LogP contribution is 2.19. The fourth-order valence-electron chi connectivity index (χ4n) is 2.79. The molecule has 0 amide bonds. The van der Waals surface area contributed by atoms with Crippen LogP contribution in [0.4, 0.5) is 0 Å². The Hall–Kier alpha value is -0.340. The van der Waals surface area contributed by atoms with Crippen LogP contribution in [-0.2, 0) is 0 Å². The molecule has 0 bridgehead atoms. The molecule has 0 radical (unpaired) electrons. The molecule has 0 aliphatic heterocycles. The van der Waals surface area contributed by atoms with Crippen molar-refractivity contribution in [3.63, 3.8) is 0 Å². The fourth-order valence-corrected chi connectivity index (χ4v) is 3.06. The van der Waals surface area contributed by atoms with Gasteiger partial charge in [0.2, 0.25) is 0 Å². The van der Waals surface area contributed by atoms with Crippen LogP contribution in [-0.4, -0.2) is 6.04 Å². The normalized spacial score (nSPS) is 12.8. The Balaban J connectivity index is 2.49. The second-order valence-electron chi connectivity index (χ2n) is 6.13. The predicted molar refractivity (Wildman–Crippen MR) is 97.8 cm³/mol. The highest BCUT2D eigenvalue weighted by molar-refractivity contribution is 9.10. The molecular formula is C19H32BrN. The van der Waals surface area contributed by atoms with Crippen LogP contribution in [0, 0.1) is 0 Å². The summed E-state index contributed by atoms with van der Waals surface area (Å²) in [6.07, 6.45) is 10.7. The van der Waals surface area contributed by atoms with Gasteiger partial charge in [-0.1, -0.05) is 80.4 Å². The van der Waals surface area contributed by atoms with Crippen molar-refractivity contribution in [2.45, 2.75) is 84.2 Å². The van der Waals surface area contributed by atoms with E-state index in [4.69, 9.17) is 0 Å². The number of benzene rings is 1. The van der Waals surface area contributed by atoms with Crippen molar-refractivity contribution in [2.24, 2.45) is 0 Å². The van der Waals surface area contributed by atoms with Gasteiger partial charge in [0.1, 0.15) is 0 Å². The number of halogens is 1. The summed E-state index contributed by atoms with van der Waals surface area (Å²) in [5.41, 5.74) is 1.38. The number of nitrogens with one attached hydrogen (secondary N) is 1. The van der Waals surface area contributed by atoms with Crippen molar-refractivity contribution in [3.05, 3.63) is 34.3 Å². The second-order valence-corrected chi connectivity index (χ2v) is 7.04. The zero-order valence-corrected chi connectivity index (χ0v) is 15.6. The minimum Gasteiger partial charge on any atom is -0.307 e. The van der Waals surface area contributed by atoms with Crippen LogP contribution in [0.1, 0.15) is 83.7 Å². The topological polar surface area (TPSA) is 12.0 Å². The van der Waals surface area contributed by atoms with E-state index < -0.39 is 0 Å². The molecule has 0 aromatic heterocycles. The Labute approximate surface area is 140 Å². The van der Waals surface area contributed by atoms with E-state index in [0.29, 0.717) is 12.1 Å². The molecule has 0 saturated carbocycles. The average Bonchev–Trinajstić information content (AvgIpc) is 2.48. The smallest absolute Gasteiger partial charge is 0.0294 e. The van der Waals surface area contributed by atoms with Gasteiger partial charge in [-0.3, -0.25) is 0 Å². The summed E-state index contributed by atoms with van der Waals surface area (Å²) in [7, 11) is 0. The molecule has 1 nitrogen and oxygen atoms in total. The molecule has 21 heavy (non-hydrogen) atoms. The SMILES string of the molecule is CCCCCC(CCCCC)N[C@H](C)c1ccc(Br)cc1. The van der Waals surface area contributed by atoms with Crippen LogP contribution in [0.25, 0.3) is 0 Å². The van der Waals surface area contributed by atoms with Gasteiger partial charge in [0.25, 0.3) is 0 Å². The zero-order chi connectivity index (χ0) is 15.5. The number of hydrogen-bond acceptors (Lipinski definition) is 1. The minimum absolute atomic E-state index is 0.436. The second kappa shape index (κ2) is 11.3. The Morgan fingerprint density at radius 2 is 1.43 bits per heavy atom. The van der Waals surface area contributed by atoms with E-state index in [1.165, 1.54) is 56.9 Å². The quantitative estimate of drug-likeness (QED) is 0.440. The summed E-state index contributed by atoms with van der Waals surface area (Å²) >= 11 is 3.51. The number of hydrogen-bond donors (Lipinski definition) is 1. The van der Waals surface area contributed by atoms with Crippen molar-refractivity contribution in [1.29, 1.82) is 0 Å². The van der Waals surface area contributed by atoms with Gasteiger partial charge in [-0.05, 0) is 37.5 Å².